The molecule has 3 nitrogen and oxygen atoms in total. The van der Waals surface area contributed by atoms with E-state index in [4.69, 9.17) is 9.84 Å². The van der Waals surface area contributed by atoms with Gasteiger partial charge in [-0.25, -0.2) is 0 Å². The number of hydrogen-bond acceptors (Lipinski definition) is 2. The van der Waals surface area contributed by atoms with Crippen LogP contribution in [0, 0.1) is 5.92 Å². The van der Waals surface area contributed by atoms with E-state index in [9.17, 15) is 4.79 Å². The Kier molecular flexibility index (Phi) is 7.11. The Morgan fingerprint density at radius 1 is 1.28 bits per heavy atom. The molecule has 0 fully saturated rings. The molecule has 100 valence electrons. The molecule has 3 heteroatoms. The highest BCUT2D eigenvalue weighted by Gasteiger charge is 2.16. The zero-order valence-electron chi connectivity index (χ0n) is 11.0. The lowest BCUT2D eigenvalue weighted by Gasteiger charge is -2.12. The van der Waals surface area contributed by atoms with Crippen molar-refractivity contribution in [2.24, 2.45) is 5.92 Å². The molecule has 0 saturated carbocycles. The van der Waals surface area contributed by atoms with Gasteiger partial charge < -0.3 is 9.84 Å². The zero-order valence-corrected chi connectivity index (χ0v) is 11.0. The van der Waals surface area contributed by atoms with Crippen molar-refractivity contribution in [3.8, 4) is 0 Å². The van der Waals surface area contributed by atoms with Crippen molar-refractivity contribution in [3.05, 3.63) is 35.9 Å². The largest absolute Gasteiger partial charge is 0.481 e. The third kappa shape index (κ3) is 5.82. The molecule has 0 heterocycles. The van der Waals surface area contributed by atoms with E-state index in [1.165, 1.54) is 0 Å². The summed E-state index contributed by atoms with van der Waals surface area (Å²) in [5.74, 6) is -1.13. The summed E-state index contributed by atoms with van der Waals surface area (Å²) in [4.78, 5) is 11.1. The lowest BCUT2D eigenvalue weighted by Crippen LogP contribution is -2.19. The minimum Gasteiger partial charge on any atom is -0.481 e. The van der Waals surface area contributed by atoms with Gasteiger partial charge in [-0.3, -0.25) is 4.79 Å². The van der Waals surface area contributed by atoms with Crippen molar-refractivity contribution in [2.75, 3.05) is 6.61 Å². The van der Waals surface area contributed by atoms with E-state index in [0.29, 0.717) is 19.6 Å². The summed E-state index contributed by atoms with van der Waals surface area (Å²) in [6.07, 6.45) is 3.86. The van der Waals surface area contributed by atoms with Crippen LogP contribution in [0.2, 0.25) is 0 Å². The van der Waals surface area contributed by atoms with Gasteiger partial charge >= 0.3 is 5.97 Å². The summed E-state index contributed by atoms with van der Waals surface area (Å²) in [6, 6.07) is 9.82. The van der Waals surface area contributed by atoms with E-state index in [-0.39, 0.29) is 5.92 Å². The van der Waals surface area contributed by atoms with Gasteiger partial charge in [-0.1, -0.05) is 56.5 Å². The van der Waals surface area contributed by atoms with Crippen molar-refractivity contribution in [1.82, 2.24) is 0 Å². The Morgan fingerprint density at radius 3 is 2.61 bits per heavy atom. The third-order valence-corrected chi connectivity index (χ3v) is 2.94. The minimum atomic E-state index is -0.751. The fourth-order valence-corrected chi connectivity index (χ4v) is 1.81. The lowest BCUT2D eigenvalue weighted by atomic mass is 10.0. The first-order chi connectivity index (χ1) is 8.74. The van der Waals surface area contributed by atoms with Gasteiger partial charge in [-0.15, -0.1) is 0 Å². The van der Waals surface area contributed by atoms with E-state index >= 15 is 0 Å². The van der Waals surface area contributed by atoms with E-state index in [2.05, 4.69) is 6.92 Å². The van der Waals surface area contributed by atoms with Crippen LogP contribution in [0.15, 0.2) is 30.3 Å². The van der Waals surface area contributed by atoms with Crippen LogP contribution in [0.5, 0.6) is 0 Å². The van der Waals surface area contributed by atoms with Crippen LogP contribution in [-0.2, 0) is 16.1 Å². The molecule has 0 saturated heterocycles. The molecule has 1 atom stereocenters. The Bertz CT molecular complexity index is 335. The molecule has 0 aliphatic heterocycles. The van der Waals surface area contributed by atoms with Crippen LogP contribution in [0.4, 0.5) is 0 Å². The number of benzene rings is 1. The molecule has 0 aliphatic rings. The molecule has 1 aromatic carbocycles. The summed E-state index contributed by atoms with van der Waals surface area (Å²) in [7, 11) is 0. The van der Waals surface area contributed by atoms with Crippen LogP contribution < -0.4 is 0 Å². The highest BCUT2D eigenvalue weighted by atomic mass is 16.5. The van der Waals surface area contributed by atoms with Crippen molar-refractivity contribution in [2.45, 2.75) is 39.2 Å². The molecule has 0 bridgehead atoms. The number of aliphatic carboxylic acids is 1. The standard InChI is InChI=1S/C15H22O3/c1-2-3-5-10-14(15(16)17)12-18-11-13-8-6-4-7-9-13/h4,6-9,14H,2-3,5,10-12H2,1H3,(H,16,17). The number of rotatable bonds is 9. The smallest absolute Gasteiger partial charge is 0.308 e. The molecule has 0 radical (unpaired) electrons. The Morgan fingerprint density at radius 2 is 2.00 bits per heavy atom. The van der Waals surface area contributed by atoms with E-state index in [0.717, 1.165) is 24.8 Å². The van der Waals surface area contributed by atoms with Gasteiger partial charge in [-0.05, 0) is 12.0 Å². The van der Waals surface area contributed by atoms with Gasteiger partial charge in [0.15, 0.2) is 0 Å². The Balaban J connectivity index is 2.27. The summed E-state index contributed by atoms with van der Waals surface area (Å²) in [6.45, 7) is 2.90. The monoisotopic (exact) mass is 250 g/mol. The lowest BCUT2D eigenvalue weighted by molar-refractivity contribution is -0.144. The second kappa shape index (κ2) is 8.70. The van der Waals surface area contributed by atoms with Gasteiger partial charge in [0.2, 0.25) is 0 Å². The van der Waals surface area contributed by atoms with Crippen LogP contribution in [0.25, 0.3) is 0 Å². The van der Waals surface area contributed by atoms with Crippen LogP contribution in [0.3, 0.4) is 0 Å². The normalized spacial score (nSPS) is 12.3. The first kappa shape index (κ1) is 14.7. The average molecular weight is 250 g/mol. The summed E-state index contributed by atoms with van der Waals surface area (Å²) < 4.78 is 5.49. The molecule has 1 unspecified atom stereocenters. The number of hydrogen-bond donors (Lipinski definition) is 1. The van der Waals surface area contributed by atoms with Crippen LogP contribution in [0.1, 0.15) is 38.2 Å². The first-order valence-electron chi connectivity index (χ1n) is 6.58. The first-order valence-corrected chi connectivity index (χ1v) is 6.58. The Hall–Kier alpha value is -1.35. The number of ether oxygens (including phenoxy) is 1. The predicted molar refractivity (Wildman–Crippen MR) is 71.4 cm³/mol. The maximum absolute atomic E-state index is 11.1. The summed E-state index contributed by atoms with van der Waals surface area (Å²) in [5, 5.41) is 9.09. The van der Waals surface area contributed by atoms with E-state index in [1.54, 1.807) is 0 Å². The molecule has 1 aromatic rings. The van der Waals surface area contributed by atoms with Crippen molar-refractivity contribution in [1.29, 1.82) is 0 Å². The quantitative estimate of drug-likeness (QED) is 0.682. The number of unbranched alkanes of at least 4 members (excludes halogenated alkanes) is 2. The molecule has 0 aliphatic carbocycles. The second-order valence-corrected chi connectivity index (χ2v) is 4.53. The van der Waals surface area contributed by atoms with Gasteiger partial charge in [0.25, 0.3) is 0 Å². The van der Waals surface area contributed by atoms with Crippen molar-refractivity contribution < 1.29 is 14.6 Å². The third-order valence-electron chi connectivity index (χ3n) is 2.94. The number of carboxylic acids is 1. The van der Waals surface area contributed by atoms with Crippen molar-refractivity contribution >= 4 is 5.97 Å². The maximum Gasteiger partial charge on any atom is 0.308 e. The molecular weight excluding hydrogens is 228 g/mol. The van der Waals surface area contributed by atoms with Crippen molar-refractivity contribution in [3.63, 3.8) is 0 Å². The molecule has 0 aromatic heterocycles. The van der Waals surface area contributed by atoms with Gasteiger partial charge in [-0.2, -0.15) is 0 Å². The second-order valence-electron chi connectivity index (χ2n) is 4.53. The van der Waals surface area contributed by atoms with Gasteiger partial charge in [0, 0.05) is 0 Å². The molecular formula is C15H22O3. The molecule has 0 amide bonds. The predicted octanol–water partition coefficient (Wildman–Crippen LogP) is 3.48. The number of carbonyl (C=O) groups is 1. The van der Waals surface area contributed by atoms with E-state index in [1.807, 2.05) is 30.3 Å². The maximum atomic E-state index is 11.1. The minimum absolute atomic E-state index is 0.300. The molecule has 1 N–H and O–H groups in total. The fraction of sp³-hybridized carbons (Fsp3) is 0.533. The number of carboxylic acid groups (broad SMARTS) is 1. The SMILES string of the molecule is CCCCCC(COCc1ccccc1)C(=O)O. The van der Waals surface area contributed by atoms with Crippen LogP contribution >= 0.6 is 0 Å². The van der Waals surface area contributed by atoms with Crippen LogP contribution in [-0.4, -0.2) is 17.7 Å². The summed E-state index contributed by atoms with van der Waals surface area (Å²) >= 11 is 0. The highest BCUT2D eigenvalue weighted by molar-refractivity contribution is 5.70. The highest BCUT2D eigenvalue weighted by Crippen LogP contribution is 2.12. The fourth-order valence-electron chi connectivity index (χ4n) is 1.81. The zero-order chi connectivity index (χ0) is 13.2. The topological polar surface area (TPSA) is 46.5 Å². The molecule has 0 spiro atoms. The molecule has 1 rings (SSSR count). The summed E-state index contributed by atoms with van der Waals surface area (Å²) in [5.41, 5.74) is 1.08. The van der Waals surface area contributed by atoms with Gasteiger partial charge in [0.05, 0.1) is 19.1 Å². The average Bonchev–Trinajstić information content (AvgIpc) is 2.38. The Labute approximate surface area is 109 Å². The van der Waals surface area contributed by atoms with E-state index < -0.39 is 5.97 Å². The molecule has 18 heavy (non-hydrogen) atoms. The van der Waals surface area contributed by atoms with Gasteiger partial charge in [0.1, 0.15) is 0 Å².